The number of nitrogens with one attached hydrogen (secondary N) is 1. The van der Waals surface area contributed by atoms with Crippen LogP contribution in [0.5, 0.6) is 0 Å². The molecule has 0 aromatic heterocycles. The molecule has 0 saturated heterocycles. The lowest BCUT2D eigenvalue weighted by atomic mass is 10.2. The number of nitrogen functional groups attached to an aromatic ring is 1. The molecule has 0 bridgehead atoms. The summed E-state index contributed by atoms with van der Waals surface area (Å²) in [6.45, 7) is 0.383. The van der Waals surface area contributed by atoms with Gasteiger partial charge in [-0.1, -0.05) is 23.7 Å². The minimum Gasteiger partial charge on any atom is -0.395 e. The van der Waals surface area contributed by atoms with Crippen LogP contribution in [-0.4, -0.2) is 0 Å². The minimum absolute atomic E-state index is 0.0570. The van der Waals surface area contributed by atoms with Crippen molar-refractivity contribution in [2.24, 2.45) is 0 Å². The average Bonchev–Trinajstić information content (AvgIpc) is 2.35. The van der Waals surface area contributed by atoms with Crippen LogP contribution in [0.25, 0.3) is 0 Å². The summed E-state index contributed by atoms with van der Waals surface area (Å²) in [4.78, 5) is 0. The fourth-order valence-corrected chi connectivity index (χ4v) is 1.74. The highest BCUT2D eigenvalue weighted by molar-refractivity contribution is 6.30. The molecule has 0 aliphatic rings. The highest BCUT2D eigenvalue weighted by Gasteiger charge is 2.05. The number of anilines is 2. The van der Waals surface area contributed by atoms with Gasteiger partial charge >= 0.3 is 0 Å². The Labute approximate surface area is 108 Å². The van der Waals surface area contributed by atoms with Crippen LogP contribution in [0.1, 0.15) is 5.56 Å². The molecule has 2 aromatic carbocycles. The van der Waals surface area contributed by atoms with Crippen molar-refractivity contribution in [3.63, 3.8) is 0 Å². The van der Waals surface area contributed by atoms with Crippen molar-refractivity contribution >= 4 is 23.0 Å². The predicted octanol–water partition coefficient (Wildman–Crippen LogP) is 3.81. The largest absolute Gasteiger partial charge is 0.395 e. The first kappa shape index (κ1) is 12.6. The van der Waals surface area contributed by atoms with Gasteiger partial charge in [0.25, 0.3) is 0 Å². The number of nitrogens with two attached hydrogens (primary N) is 1. The van der Waals surface area contributed by atoms with Crippen LogP contribution < -0.4 is 11.1 Å². The first-order valence-electron chi connectivity index (χ1n) is 5.29. The van der Waals surface area contributed by atoms with E-state index in [1.165, 1.54) is 18.2 Å². The molecule has 0 aliphatic carbocycles. The Bertz CT molecular complexity index is 573. The molecule has 0 fully saturated rings. The Balaban J connectivity index is 2.11. The molecule has 18 heavy (non-hydrogen) atoms. The topological polar surface area (TPSA) is 38.0 Å². The van der Waals surface area contributed by atoms with Gasteiger partial charge in [0, 0.05) is 6.54 Å². The van der Waals surface area contributed by atoms with Crippen molar-refractivity contribution < 1.29 is 8.78 Å². The molecule has 0 radical (unpaired) electrons. The van der Waals surface area contributed by atoms with Crippen LogP contribution in [0, 0.1) is 11.6 Å². The fourth-order valence-electron chi connectivity index (χ4n) is 1.54. The summed E-state index contributed by atoms with van der Waals surface area (Å²) in [6, 6.07) is 8.92. The summed E-state index contributed by atoms with van der Waals surface area (Å²) in [5.41, 5.74) is 6.92. The Morgan fingerprint density at radius 2 is 1.89 bits per heavy atom. The van der Waals surface area contributed by atoms with E-state index >= 15 is 0 Å². The summed E-state index contributed by atoms with van der Waals surface area (Å²) in [5.74, 6) is -0.942. The Morgan fingerprint density at radius 1 is 1.11 bits per heavy atom. The van der Waals surface area contributed by atoms with E-state index in [0.29, 0.717) is 12.2 Å². The number of benzene rings is 2. The summed E-state index contributed by atoms with van der Waals surface area (Å²) in [6.07, 6.45) is 0. The third kappa shape index (κ3) is 2.71. The van der Waals surface area contributed by atoms with Crippen LogP contribution in [0.3, 0.4) is 0 Å². The lowest BCUT2D eigenvalue weighted by molar-refractivity contribution is 0.627. The smallest absolute Gasteiger partial charge is 0.148 e. The highest BCUT2D eigenvalue weighted by atomic mass is 35.5. The number of rotatable bonds is 3. The molecule has 0 atom stereocenters. The van der Waals surface area contributed by atoms with Crippen molar-refractivity contribution in [2.75, 3.05) is 11.1 Å². The monoisotopic (exact) mass is 268 g/mol. The third-order valence-corrected chi connectivity index (χ3v) is 2.81. The van der Waals surface area contributed by atoms with E-state index in [1.807, 2.05) is 0 Å². The fraction of sp³-hybridized carbons (Fsp3) is 0.0769. The minimum atomic E-state index is -0.475. The molecule has 5 heteroatoms. The third-order valence-electron chi connectivity index (χ3n) is 2.52. The lowest BCUT2D eigenvalue weighted by Crippen LogP contribution is -2.04. The van der Waals surface area contributed by atoms with Gasteiger partial charge in [0.1, 0.15) is 11.6 Å². The normalized spacial score (nSPS) is 10.4. The zero-order chi connectivity index (χ0) is 13.1. The van der Waals surface area contributed by atoms with Gasteiger partial charge in [0.2, 0.25) is 0 Å². The van der Waals surface area contributed by atoms with E-state index in [9.17, 15) is 8.78 Å². The quantitative estimate of drug-likeness (QED) is 0.831. The van der Waals surface area contributed by atoms with Gasteiger partial charge in [-0.2, -0.15) is 0 Å². The second-order valence-electron chi connectivity index (χ2n) is 3.80. The summed E-state index contributed by atoms with van der Waals surface area (Å²) in [7, 11) is 0. The Kier molecular flexibility index (Phi) is 3.67. The number of halogens is 3. The zero-order valence-corrected chi connectivity index (χ0v) is 10.1. The first-order chi connectivity index (χ1) is 8.58. The zero-order valence-electron chi connectivity index (χ0n) is 9.38. The molecular weight excluding hydrogens is 258 g/mol. The molecule has 0 heterocycles. The molecule has 0 unspecified atom stereocenters. The maximum absolute atomic E-state index is 13.2. The first-order valence-corrected chi connectivity index (χ1v) is 5.67. The predicted molar refractivity (Wildman–Crippen MR) is 69.5 cm³/mol. The van der Waals surface area contributed by atoms with Gasteiger partial charge in [-0.3, -0.25) is 0 Å². The van der Waals surface area contributed by atoms with E-state index in [4.69, 9.17) is 17.3 Å². The van der Waals surface area contributed by atoms with E-state index in [2.05, 4.69) is 5.32 Å². The highest BCUT2D eigenvalue weighted by Crippen LogP contribution is 2.22. The number of hydrogen-bond acceptors (Lipinski definition) is 2. The maximum atomic E-state index is 13.2. The molecular formula is C13H11ClF2N2. The van der Waals surface area contributed by atoms with Gasteiger partial charge < -0.3 is 11.1 Å². The van der Waals surface area contributed by atoms with Crippen LogP contribution >= 0.6 is 11.6 Å². The molecule has 94 valence electrons. The van der Waals surface area contributed by atoms with E-state index < -0.39 is 11.6 Å². The second-order valence-corrected chi connectivity index (χ2v) is 4.21. The molecule has 3 N–H and O–H groups in total. The summed E-state index contributed by atoms with van der Waals surface area (Å²) in [5, 5.41) is 3.03. The van der Waals surface area contributed by atoms with Gasteiger partial charge in [0.05, 0.1) is 16.4 Å². The van der Waals surface area contributed by atoms with Crippen LogP contribution in [0.15, 0.2) is 36.4 Å². The molecule has 2 aromatic rings. The number of para-hydroxylation sites is 1. The Morgan fingerprint density at radius 3 is 2.61 bits per heavy atom. The standard InChI is InChI=1S/C13H11ClF2N2/c14-9-6-8(4-5-10(9)15)7-18-12-3-1-2-11(16)13(12)17/h1-6,18H,7,17H2. The van der Waals surface area contributed by atoms with Crippen LogP contribution in [-0.2, 0) is 6.54 Å². The molecule has 0 amide bonds. The Hall–Kier alpha value is -1.81. The molecule has 0 aliphatic heterocycles. The van der Waals surface area contributed by atoms with E-state index in [-0.39, 0.29) is 10.7 Å². The molecule has 2 rings (SSSR count). The SMILES string of the molecule is Nc1c(F)cccc1NCc1ccc(F)c(Cl)c1. The summed E-state index contributed by atoms with van der Waals surface area (Å²) >= 11 is 5.66. The van der Waals surface area contributed by atoms with Crippen molar-refractivity contribution in [3.8, 4) is 0 Å². The van der Waals surface area contributed by atoms with Crippen molar-refractivity contribution in [2.45, 2.75) is 6.54 Å². The van der Waals surface area contributed by atoms with Crippen LogP contribution in [0.2, 0.25) is 5.02 Å². The summed E-state index contributed by atoms with van der Waals surface area (Å²) < 4.78 is 26.1. The average molecular weight is 269 g/mol. The van der Waals surface area contributed by atoms with E-state index in [0.717, 1.165) is 5.56 Å². The molecule has 0 saturated carbocycles. The molecule has 2 nitrogen and oxygen atoms in total. The van der Waals surface area contributed by atoms with E-state index in [1.54, 1.807) is 18.2 Å². The van der Waals surface area contributed by atoms with Crippen molar-refractivity contribution in [3.05, 3.63) is 58.6 Å². The van der Waals surface area contributed by atoms with Crippen molar-refractivity contribution in [1.29, 1.82) is 0 Å². The maximum Gasteiger partial charge on any atom is 0.148 e. The van der Waals surface area contributed by atoms with Gasteiger partial charge in [-0.15, -0.1) is 0 Å². The molecule has 0 spiro atoms. The number of hydrogen-bond donors (Lipinski definition) is 2. The van der Waals surface area contributed by atoms with Gasteiger partial charge in [-0.05, 0) is 29.8 Å². The second kappa shape index (κ2) is 5.23. The van der Waals surface area contributed by atoms with Crippen LogP contribution in [0.4, 0.5) is 20.2 Å². The van der Waals surface area contributed by atoms with Gasteiger partial charge in [-0.25, -0.2) is 8.78 Å². The van der Waals surface area contributed by atoms with Gasteiger partial charge in [0.15, 0.2) is 0 Å². The lowest BCUT2D eigenvalue weighted by Gasteiger charge is -2.10. The van der Waals surface area contributed by atoms with Crippen molar-refractivity contribution in [1.82, 2.24) is 0 Å².